The van der Waals surface area contributed by atoms with E-state index in [1.54, 1.807) is 13.1 Å². The summed E-state index contributed by atoms with van der Waals surface area (Å²) in [7, 11) is 0. The molecule has 2 heterocycles. The summed E-state index contributed by atoms with van der Waals surface area (Å²) in [6.07, 6.45) is 4.06. The second-order valence-corrected chi connectivity index (χ2v) is 5.46. The van der Waals surface area contributed by atoms with Crippen LogP contribution in [0.5, 0.6) is 5.75 Å². The van der Waals surface area contributed by atoms with Gasteiger partial charge in [-0.2, -0.15) is 0 Å². The number of amides is 1. The summed E-state index contributed by atoms with van der Waals surface area (Å²) in [5, 5.41) is 0. The highest BCUT2D eigenvalue weighted by Gasteiger charge is 2.20. The summed E-state index contributed by atoms with van der Waals surface area (Å²) in [4.78, 5) is 28.5. The minimum absolute atomic E-state index is 0.113. The number of hydrogen-bond acceptors (Lipinski definition) is 3. The smallest absolute Gasteiger partial charge is 0.225 e. The SMILES string of the molecule is Cc1[nH]ccc(=O)c1OCCC(=O)N1CCC(C)CC1. The Morgan fingerprint density at radius 2 is 2.15 bits per heavy atom. The van der Waals surface area contributed by atoms with Crippen molar-refractivity contribution in [2.24, 2.45) is 5.92 Å². The first-order valence-corrected chi connectivity index (χ1v) is 7.17. The van der Waals surface area contributed by atoms with Crippen molar-refractivity contribution in [3.8, 4) is 5.75 Å². The van der Waals surface area contributed by atoms with Crippen molar-refractivity contribution in [3.05, 3.63) is 28.2 Å². The lowest BCUT2D eigenvalue weighted by Crippen LogP contribution is -2.38. The van der Waals surface area contributed by atoms with Crippen LogP contribution < -0.4 is 10.2 Å². The molecule has 2 rings (SSSR count). The molecule has 5 heteroatoms. The number of likely N-dealkylation sites (tertiary alicyclic amines) is 1. The fraction of sp³-hybridized carbons (Fsp3) is 0.600. The molecule has 0 aromatic carbocycles. The van der Waals surface area contributed by atoms with Gasteiger partial charge in [0.25, 0.3) is 0 Å². The number of carbonyl (C=O) groups excluding carboxylic acids is 1. The van der Waals surface area contributed by atoms with E-state index in [1.165, 1.54) is 6.07 Å². The van der Waals surface area contributed by atoms with Crippen LogP contribution in [-0.4, -0.2) is 35.5 Å². The Balaban J connectivity index is 1.81. The van der Waals surface area contributed by atoms with E-state index >= 15 is 0 Å². The van der Waals surface area contributed by atoms with Gasteiger partial charge in [0, 0.05) is 25.4 Å². The van der Waals surface area contributed by atoms with Crippen molar-refractivity contribution in [2.45, 2.75) is 33.1 Å². The molecular formula is C15H22N2O3. The van der Waals surface area contributed by atoms with Crippen LogP contribution in [-0.2, 0) is 4.79 Å². The summed E-state index contributed by atoms with van der Waals surface area (Å²) < 4.78 is 5.46. The molecule has 1 aromatic heterocycles. The lowest BCUT2D eigenvalue weighted by Gasteiger charge is -2.30. The Hall–Kier alpha value is -1.78. The van der Waals surface area contributed by atoms with E-state index < -0.39 is 0 Å². The van der Waals surface area contributed by atoms with E-state index in [4.69, 9.17) is 4.74 Å². The molecule has 1 aromatic rings. The second kappa shape index (κ2) is 6.59. The number of rotatable bonds is 4. The highest BCUT2D eigenvalue weighted by Crippen LogP contribution is 2.16. The van der Waals surface area contributed by atoms with Gasteiger partial charge in [-0.15, -0.1) is 0 Å². The molecule has 0 spiro atoms. The largest absolute Gasteiger partial charge is 0.487 e. The van der Waals surface area contributed by atoms with Crippen molar-refractivity contribution in [1.82, 2.24) is 9.88 Å². The molecule has 1 amide bonds. The predicted octanol–water partition coefficient (Wildman–Crippen LogP) is 1.71. The number of carbonyl (C=O) groups is 1. The van der Waals surface area contributed by atoms with Crippen LogP contribution in [0.2, 0.25) is 0 Å². The van der Waals surface area contributed by atoms with E-state index in [9.17, 15) is 9.59 Å². The molecule has 1 saturated heterocycles. The zero-order valence-corrected chi connectivity index (χ0v) is 12.1. The van der Waals surface area contributed by atoms with Crippen molar-refractivity contribution in [2.75, 3.05) is 19.7 Å². The normalized spacial score (nSPS) is 16.2. The van der Waals surface area contributed by atoms with E-state index in [0.29, 0.717) is 23.8 Å². The number of aromatic amines is 1. The van der Waals surface area contributed by atoms with Crippen molar-refractivity contribution < 1.29 is 9.53 Å². The lowest BCUT2D eigenvalue weighted by molar-refractivity contribution is -0.133. The molecular weight excluding hydrogens is 256 g/mol. The van der Waals surface area contributed by atoms with Gasteiger partial charge in [0.15, 0.2) is 5.75 Å². The Kier molecular flexibility index (Phi) is 4.82. The highest BCUT2D eigenvalue weighted by atomic mass is 16.5. The first kappa shape index (κ1) is 14.6. The van der Waals surface area contributed by atoms with Gasteiger partial charge in [0.2, 0.25) is 11.3 Å². The number of aryl methyl sites for hydroxylation is 1. The summed E-state index contributed by atoms with van der Waals surface area (Å²) in [6, 6.07) is 1.43. The number of ether oxygens (including phenoxy) is 1. The van der Waals surface area contributed by atoms with Crippen LogP contribution in [0.4, 0.5) is 0 Å². The summed E-state index contributed by atoms with van der Waals surface area (Å²) >= 11 is 0. The van der Waals surface area contributed by atoms with Gasteiger partial charge in [-0.25, -0.2) is 0 Å². The number of aromatic nitrogens is 1. The minimum atomic E-state index is -0.152. The maximum Gasteiger partial charge on any atom is 0.225 e. The Bertz CT molecular complexity index is 516. The molecule has 110 valence electrons. The van der Waals surface area contributed by atoms with Gasteiger partial charge in [0.1, 0.15) is 0 Å². The van der Waals surface area contributed by atoms with Crippen molar-refractivity contribution in [3.63, 3.8) is 0 Å². The topological polar surface area (TPSA) is 62.4 Å². The Labute approximate surface area is 118 Å². The van der Waals surface area contributed by atoms with Gasteiger partial charge in [-0.1, -0.05) is 6.92 Å². The maximum absolute atomic E-state index is 12.0. The van der Waals surface area contributed by atoms with Crippen molar-refractivity contribution in [1.29, 1.82) is 0 Å². The third-order valence-electron chi connectivity index (χ3n) is 3.80. The molecule has 1 N–H and O–H groups in total. The van der Waals surface area contributed by atoms with Gasteiger partial charge in [0.05, 0.1) is 18.7 Å². The van der Waals surface area contributed by atoms with E-state index in [1.807, 2.05) is 4.90 Å². The van der Waals surface area contributed by atoms with Crippen LogP contribution in [0.15, 0.2) is 17.1 Å². The summed E-state index contributed by atoms with van der Waals surface area (Å²) in [6.45, 7) is 5.93. The van der Waals surface area contributed by atoms with Gasteiger partial charge < -0.3 is 14.6 Å². The van der Waals surface area contributed by atoms with Crippen LogP contribution in [0, 0.1) is 12.8 Å². The Morgan fingerprint density at radius 1 is 1.45 bits per heavy atom. The zero-order valence-electron chi connectivity index (χ0n) is 12.1. The number of nitrogens with zero attached hydrogens (tertiary/aromatic N) is 1. The molecule has 0 radical (unpaired) electrons. The third kappa shape index (κ3) is 3.62. The second-order valence-electron chi connectivity index (χ2n) is 5.46. The molecule has 1 aliphatic heterocycles. The number of piperidine rings is 1. The molecule has 1 aliphatic rings. The summed E-state index contributed by atoms with van der Waals surface area (Å²) in [5.74, 6) is 1.13. The lowest BCUT2D eigenvalue weighted by atomic mass is 9.99. The first-order chi connectivity index (χ1) is 9.58. The monoisotopic (exact) mass is 278 g/mol. The molecule has 0 aliphatic carbocycles. The number of H-pyrrole nitrogens is 1. The zero-order chi connectivity index (χ0) is 14.5. The third-order valence-corrected chi connectivity index (χ3v) is 3.80. The maximum atomic E-state index is 12.0. The van der Waals surface area contributed by atoms with Crippen LogP contribution >= 0.6 is 0 Å². The predicted molar refractivity (Wildman–Crippen MR) is 76.9 cm³/mol. The molecule has 1 fully saturated rings. The van der Waals surface area contributed by atoms with Crippen molar-refractivity contribution >= 4 is 5.91 Å². The summed E-state index contributed by atoms with van der Waals surface area (Å²) in [5.41, 5.74) is 0.539. The average molecular weight is 278 g/mol. The molecule has 20 heavy (non-hydrogen) atoms. The van der Waals surface area contributed by atoms with E-state index in [2.05, 4.69) is 11.9 Å². The average Bonchev–Trinajstić information content (AvgIpc) is 2.42. The number of pyridine rings is 1. The fourth-order valence-corrected chi connectivity index (χ4v) is 2.40. The quantitative estimate of drug-likeness (QED) is 0.912. The van der Waals surface area contributed by atoms with Gasteiger partial charge in [-0.3, -0.25) is 9.59 Å². The standard InChI is InChI=1S/C15H22N2O3/c1-11-4-8-17(9-5-11)14(19)6-10-20-15-12(2)16-7-3-13(15)18/h3,7,11H,4-6,8-10H2,1-2H3,(H,16,18). The highest BCUT2D eigenvalue weighted by molar-refractivity contribution is 5.76. The number of nitrogens with one attached hydrogen (secondary N) is 1. The van der Waals surface area contributed by atoms with E-state index in [0.717, 1.165) is 25.9 Å². The van der Waals surface area contributed by atoms with Crippen LogP contribution in [0.3, 0.4) is 0 Å². The number of hydrogen-bond donors (Lipinski definition) is 1. The van der Waals surface area contributed by atoms with Crippen LogP contribution in [0.25, 0.3) is 0 Å². The molecule has 0 saturated carbocycles. The molecule has 0 bridgehead atoms. The first-order valence-electron chi connectivity index (χ1n) is 7.17. The molecule has 0 atom stereocenters. The van der Waals surface area contributed by atoms with E-state index in [-0.39, 0.29) is 17.9 Å². The Morgan fingerprint density at radius 3 is 2.80 bits per heavy atom. The van der Waals surface area contributed by atoms with Crippen LogP contribution in [0.1, 0.15) is 31.9 Å². The minimum Gasteiger partial charge on any atom is -0.487 e. The molecule has 0 unspecified atom stereocenters. The van der Waals surface area contributed by atoms with Gasteiger partial charge >= 0.3 is 0 Å². The fourth-order valence-electron chi connectivity index (χ4n) is 2.40. The molecule has 5 nitrogen and oxygen atoms in total. The van der Waals surface area contributed by atoms with Gasteiger partial charge in [-0.05, 0) is 25.7 Å².